The van der Waals surface area contributed by atoms with E-state index in [1.165, 1.54) is 11.3 Å². The molecule has 0 aromatic carbocycles. The van der Waals surface area contributed by atoms with Gasteiger partial charge in [0.2, 0.25) is 0 Å². The maximum Gasteiger partial charge on any atom is 0.252 e. The summed E-state index contributed by atoms with van der Waals surface area (Å²) in [7, 11) is -2.91. The molecular formula is C13H15NO4S2. The van der Waals surface area contributed by atoms with E-state index < -0.39 is 9.84 Å². The van der Waals surface area contributed by atoms with E-state index in [-0.39, 0.29) is 29.9 Å². The van der Waals surface area contributed by atoms with Crippen molar-refractivity contribution in [2.45, 2.75) is 6.42 Å². The molecule has 1 fully saturated rings. The molecule has 2 heterocycles. The number of thiophene rings is 1. The third-order valence-electron chi connectivity index (χ3n) is 3.03. The van der Waals surface area contributed by atoms with E-state index in [0.717, 1.165) is 0 Å². The first-order valence-electron chi connectivity index (χ1n) is 6.17. The third-order valence-corrected chi connectivity index (χ3v) is 5.71. The van der Waals surface area contributed by atoms with Crippen LogP contribution in [0.5, 0.6) is 0 Å². The molecule has 0 bridgehead atoms. The Hall–Kier alpha value is -1.36. The van der Waals surface area contributed by atoms with Gasteiger partial charge in [0.05, 0.1) is 21.9 Å². The van der Waals surface area contributed by atoms with Crippen molar-refractivity contribution in [3.8, 4) is 11.8 Å². The number of sulfone groups is 1. The van der Waals surface area contributed by atoms with Crippen LogP contribution in [0.1, 0.15) is 21.7 Å². The number of aliphatic hydroxyl groups excluding tert-OH is 1. The van der Waals surface area contributed by atoms with Crippen LogP contribution in [0.25, 0.3) is 0 Å². The monoisotopic (exact) mass is 313 g/mol. The number of carbonyl (C=O) groups excluding carboxylic acids is 1. The lowest BCUT2D eigenvalue weighted by Crippen LogP contribution is -2.29. The largest absolute Gasteiger partial charge is 0.384 e. The maximum atomic E-state index is 11.9. The Balaban J connectivity index is 1.87. The van der Waals surface area contributed by atoms with E-state index >= 15 is 0 Å². The van der Waals surface area contributed by atoms with Gasteiger partial charge in [0.1, 0.15) is 6.61 Å². The van der Waals surface area contributed by atoms with Crippen LogP contribution < -0.4 is 5.32 Å². The minimum absolute atomic E-state index is 0.0104. The van der Waals surface area contributed by atoms with Crippen LogP contribution in [0.15, 0.2) is 11.4 Å². The van der Waals surface area contributed by atoms with Gasteiger partial charge in [-0.15, -0.1) is 11.3 Å². The summed E-state index contributed by atoms with van der Waals surface area (Å²) in [5, 5.41) is 13.0. The summed E-state index contributed by atoms with van der Waals surface area (Å²) in [6, 6.07) is 1.66. The molecule has 1 atom stereocenters. The van der Waals surface area contributed by atoms with E-state index in [1.54, 1.807) is 11.4 Å². The first-order valence-corrected chi connectivity index (χ1v) is 8.87. The number of aliphatic hydroxyl groups is 1. The van der Waals surface area contributed by atoms with Gasteiger partial charge >= 0.3 is 0 Å². The molecule has 1 saturated heterocycles. The highest BCUT2D eigenvalue weighted by Gasteiger charge is 2.28. The maximum absolute atomic E-state index is 11.9. The molecule has 1 unspecified atom stereocenters. The van der Waals surface area contributed by atoms with Crippen molar-refractivity contribution in [1.29, 1.82) is 0 Å². The molecule has 0 aliphatic carbocycles. The van der Waals surface area contributed by atoms with Gasteiger partial charge < -0.3 is 10.4 Å². The molecule has 7 heteroatoms. The van der Waals surface area contributed by atoms with Gasteiger partial charge in [-0.25, -0.2) is 8.42 Å². The van der Waals surface area contributed by atoms with E-state index in [2.05, 4.69) is 17.2 Å². The van der Waals surface area contributed by atoms with Gasteiger partial charge in [-0.1, -0.05) is 11.8 Å². The van der Waals surface area contributed by atoms with Crippen molar-refractivity contribution in [3.63, 3.8) is 0 Å². The van der Waals surface area contributed by atoms with Crippen LogP contribution in [0.3, 0.4) is 0 Å². The molecule has 5 nitrogen and oxygen atoms in total. The molecule has 0 saturated carbocycles. The predicted molar refractivity (Wildman–Crippen MR) is 77.4 cm³/mol. The molecule has 2 rings (SSSR count). The second kappa shape index (κ2) is 6.39. The van der Waals surface area contributed by atoms with Crippen LogP contribution in [0.4, 0.5) is 0 Å². The highest BCUT2D eigenvalue weighted by atomic mass is 32.2. The van der Waals surface area contributed by atoms with Crippen molar-refractivity contribution in [2.75, 3.05) is 24.7 Å². The smallest absolute Gasteiger partial charge is 0.252 e. The minimum atomic E-state index is -2.91. The van der Waals surface area contributed by atoms with Crippen molar-refractivity contribution in [1.82, 2.24) is 5.32 Å². The summed E-state index contributed by atoms with van der Waals surface area (Å²) in [4.78, 5) is 12.6. The molecule has 1 aromatic rings. The van der Waals surface area contributed by atoms with Crippen LogP contribution in [-0.4, -0.2) is 44.1 Å². The van der Waals surface area contributed by atoms with Crippen LogP contribution in [0, 0.1) is 17.8 Å². The predicted octanol–water partition coefficient (Wildman–Crippen LogP) is 0.256. The molecule has 0 radical (unpaired) electrons. The number of carbonyl (C=O) groups is 1. The van der Waals surface area contributed by atoms with E-state index in [1.807, 2.05) is 0 Å². The third kappa shape index (κ3) is 4.07. The molecule has 2 N–H and O–H groups in total. The normalized spacial score (nSPS) is 20.1. The fraction of sp³-hybridized carbons (Fsp3) is 0.462. The summed E-state index contributed by atoms with van der Waals surface area (Å²) in [5.74, 6) is 5.42. The fourth-order valence-corrected chi connectivity index (χ4v) is 4.64. The molecule has 1 amide bonds. The van der Waals surface area contributed by atoms with Crippen molar-refractivity contribution in [3.05, 3.63) is 21.9 Å². The van der Waals surface area contributed by atoms with Gasteiger partial charge in [0, 0.05) is 11.9 Å². The Kier molecular flexibility index (Phi) is 4.81. The standard InChI is InChI=1S/C13H15NO4S2/c15-4-1-2-12-6-11(8-19-12)13(16)14-7-10-3-5-20(17,18)9-10/h6,8,10,15H,3-5,7,9H2,(H,14,16). The average molecular weight is 313 g/mol. The summed E-state index contributed by atoms with van der Waals surface area (Å²) < 4.78 is 22.6. The highest BCUT2D eigenvalue weighted by molar-refractivity contribution is 7.91. The topological polar surface area (TPSA) is 83.5 Å². The zero-order valence-corrected chi connectivity index (χ0v) is 12.4. The molecule has 108 valence electrons. The van der Waals surface area contributed by atoms with Crippen molar-refractivity contribution < 1.29 is 18.3 Å². The molecule has 1 aromatic heterocycles. The Morgan fingerprint density at radius 1 is 1.55 bits per heavy atom. The van der Waals surface area contributed by atoms with Gasteiger partial charge in [0.15, 0.2) is 9.84 Å². The summed E-state index contributed by atoms with van der Waals surface area (Å²) in [6.45, 7) is 0.168. The lowest BCUT2D eigenvalue weighted by molar-refractivity contribution is 0.0949. The quantitative estimate of drug-likeness (QED) is 0.784. The first kappa shape index (κ1) is 15.0. The molecule has 1 aliphatic heterocycles. The SMILES string of the molecule is O=C(NCC1CCS(=O)(=O)C1)c1csc(C#CCO)c1. The van der Waals surface area contributed by atoms with Gasteiger partial charge in [-0.05, 0) is 18.4 Å². The summed E-state index contributed by atoms with van der Waals surface area (Å²) in [6.07, 6.45) is 0.611. The minimum Gasteiger partial charge on any atom is -0.384 e. The van der Waals surface area contributed by atoms with Crippen molar-refractivity contribution >= 4 is 27.1 Å². The lowest BCUT2D eigenvalue weighted by atomic mass is 10.1. The van der Waals surface area contributed by atoms with E-state index in [4.69, 9.17) is 5.11 Å². The summed E-state index contributed by atoms with van der Waals surface area (Å²) in [5.41, 5.74) is 0.512. The second-order valence-corrected chi connectivity index (χ2v) is 7.78. The lowest BCUT2D eigenvalue weighted by Gasteiger charge is -2.08. The molecule has 0 spiro atoms. The number of rotatable bonds is 3. The zero-order chi connectivity index (χ0) is 14.6. The molecule has 20 heavy (non-hydrogen) atoms. The second-order valence-electron chi connectivity index (χ2n) is 4.64. The number of nitrogens with one attached hydrogen (secondary N) is 1. The van der Waals surface area contributed by atoms with Gasteiger partial charge in [-0.2, -0.15) is 0 Å². The number of amides is 1. The fourth-order valence-electron chi connectivity index (χ4n) is 2.02. The number of hydrogen-bond donors (Lipinski definition) is 2. The zero-order valence-electron chi connectivity index (χ0n) is 10.8. The van der Waals surface area contributed by atoms with Crippen molar-refractivity contribution in [2.24, 2.45) is 5.92 Å². The first-order chi connectivity index (χ1) is 9.50. The highest BCUT2D eigenvalue weighted by Crippen LogP contribution is 2.18. The summed E-state index contributed by atoms with van der Waals surface area (Å²) >= 11 is 1.33. The molecule has 1 aliphatic rings. The van der Waals surface area contributed by atoms with E-state index in [9.17, 15) is 13.2 Å². The Labute approximate surface area is 121 Å². The Morgan fingerprint density at radius 3 is 3.00 bits per heavy atom. The molecular weight excluding hydrogens is 298 g/mol. The van der Waals surface area contributed by atoms with Gasteiger partial charge in [0.25, 0.3) is 5.91 Å². The average Bonchev–Trinajstić information content (AvgIpc) is 3.00. The van der Waals surface area contributed by atoms with Gasteiger partial charge in [-0.3, -0.25) is 4.79 Å². The number of hydrogen-bond acceptors (Lipinski definition) is 5. The Bertz CT molecular complexity index is 651. The van der Waals surface area contributed by atoms with Crippen LogP contribution in [-0.2, 0) is 9.84 Å². The van der Waals surface area contributed by atoms with Crippen LogP contribution in [0.2, 0.25) is 0 Å². The Morgan fingerprint density at radius 2 is 2.35 bits per heavy atom. The van der Waals surface area contributed by atoms with E-state index in [0.29, 0.717) is 23.4 Å². The van der Waals surface area contributed by atoms with Crippen LogP contribution >= 0.6 is 11.3 Å².